The van der Waals surface area contributed by atoms with Crippen molar-refractivity contribution < 1.29 is 4.39 Å². The lowest BCUT2D eigenvalue weighted by atomic mass is 10.0. The molecule has 0 bridgehead atoms. The maximum Gasteiger partial charge on any atom is 0.137 e. The van der Waals surface area contributed by atoms with E-state index in [9.17, 15) is 4.39 Å². The summed E-state index contributed by atoms with van der Waals surface area (Å²) in [4.78, 5) is 0. The van der Waals surface area contributed by atoms with Crippen molar-refractivity contribution in [1.82, 2.24) is 15.2 Å². The first-order valence-electron chi connectivity index (χ1n) is 5.70. The molecule has 0 aliphatic heterocycles. The number of hydrogen-bond donors (Lipinski definition) is 2. The van der Waals surface area contributed by atoms with Crippen LogP contribution in [-0.2, 0) is 6.54 Å². The van der Waals surface area contributed by atoms with E-state index >= 15 is 0 Å². The Bertz CT molecular complexity index is 585. The highest BCUT2D eigenvalue weighted by molar-refractivity contribution is 9.10. The Hall–Kier alpha value is -0.760. The number of nitrogens with one attached hydrogen (secondary N) is 1. The van der Waals surface area contributed by atoms with Gasteiger partial charge in [-0.1, -0.05) is 6.07 Å². The highest BCUT2D eigenvalue weighted by Crippen LogP contribution is 2.29. The Kier molecular flexibility index (Phi) is 4.72. The summed E-state index contributed by atoms with van der Waals surface area (Å²) >= 11 is 6.59. The molecule has 2 rings (SSSR count). The van der Waals surface area contributed by atoms with Crippen LogP contribution >= 0.6 is 31.9 Å². The molecule has 2 aromatic rings. The average Bonchev–Trinajstić information content (AvgIpc) is 2.76. The summed E-state index contributed by atoms with van der Waals surface area (Å²) in [5.41, 5.74) is 4.31. The van der Waals surface area contributed by atoms with Crippen molar-refractivity contribution in [2.45, 2.75) is 19.5 Å². The number of nitrogens with zero attached hydrogens (tertiary/aromatic N) is 2. The van der Waals surface area contributed by atoms with E-state index in [0.717, 1.165) is 15.7 Å². The Morgan fingerprint density at radius 3 is 2.74 bits per heavy atom. The first-order valence-corrected chi connectivity index (χ1v) is 7.29. The predicted molar refractivity (Wildman–Crippen MR) is 78.9 cm³/mol. The van der Waals surface area contributed by atoms with Gasteiger partial charge >= 0.3 is 0 Å². The Morgan fingerprint density at radius 1 is 1.42 bits per heavy atom. The third-order valence-corrected chi connectivity index (χ3v) is 4.10. The number of aryl methyl sites for hydroxylation is 1. The molecule has 0 aliphatic rings. The number of nitrogens with two attached hydrogens (primary N) is 1. The maximum atomic E-state index is 13.7. The van der Waals surface area contributed by atoms with Crippen LogP contribution in [0.25, 0.3) is 0 Å². The summed E-state index contributed by atoms with van der Waals surface area (Å²) in [7, 11) is 0. The molecule has 0 amide bonds. The molecular formula is C12H13Br2FN4. The molecule has 0 fully saturated rings. The number of hydrogen-bond acceptors (Lipinski definition) is 3. The van der Waals surface area contributed by atoms with Crippen molar-refractivity contribution in [2.24, 2.45) is 5.84 Å². The van der Waals surface area contributed by atoms with Crippen molar-refractivity contribution in [2.75, 3.05) is 0 Å². The van der Waals surface area contributed by atoms with Crippen LogP contribution < -0.4 is 11.3 Å². The lowest BCUT2D eigenvalue weighted by molar-refractivity contribution is 0.537. The van der Waals surface area contributed by atoms with Crippen molar-refractivity contribution in [3.8, 4) is 0 Å². The molecule has 0 radical (unpaired) electrons. The van der Waals surface area contributed by atoms with E-state index in [0.29, 0.717) is 11.0 Å². The van der Waals surface area contributed by atoms with Gasteiger partial charge in [0.25, 0.3) is 0 Å². The van der Waals surface area contributed by atoms with Crippen LogP contribution in [0.1, 0.15) is 24.2 Å². The second-order valence-corrected chi connectivity index (χ2v) is 5.68. The molecule has 0 saturated carbocycles. The fraction of sp³-hybridized carbons (Fsp3) is 0.250. The molecule has 1 aromatic carbocycles. The lowest BCUT2D eigenvalue weighted by Crippen LogP contribution is -2.31. The quantitative estimate of drug-likeness (QED) is 0.621. The van der Waals surface area contributed by atoms with Crippen molar-refractivity contribution in [3.63, 3.8) is 0 Å². The molecule has 1 aromatic heterocycles. The third-order valence-electron chi connectivity index (χ3n) is 2.85. The molecule has 7 heteroatoms. The van der Waals surface area contributed by atoms with E-state index in [2.05, 4.69) is 42.4 Å². The minimum atomic E-state index is -0.334. The van der Waals surface area contributed by atoms with Crippen LogP contribution in [0.4, 0.5) is 4.39 Å². The van der Waals surface area contributed by atoms with Crippen LogP contribution in [-0.4, -0.2) is 9.78 Å². The molecule has 19 heavy (non-hydrogen) atoms. The first kappa shape index (κ1) is 14.6. The van der Waals surface area contributed by atoms with E-state index in [1.807, 2.05) is 17.7 Å². The zero-order valence-electron chi connectivity index (χ0n) is 10.2. The molecule has 1 atom stereocenters. The van der Waals surface area contributed by atoms with Gasteiger partial charge in [0.2, 0.25) is 0 Å². The summed E-state index contributed by atoms with van der Waals surface area (Å²) in [5, 5.41) is 4.24. The van der Waals surface area contributed by atoms with Crippen molar-refractivity contribution in [1.29, 1.82) is 0 Å². The summed E-state index contributed by atoms with van der Waals surface area (Å²) in [6, 6.07) is 4.60. The normalized spacial score (nSPS) is 12.7. The molecule has 4 nitrogen and oxygen atoms in total. The number of aromatic nitrogens is 2. The van der Waals surface area contributed by atoms with Gasteiger partial charge in [-0.3, -0.25) is 10.5 Å². The van der Waals surface area contributed by atoms with Crippen molar-refractivity contribution in [3.05, 3.63) is 50.4 Å². The highest BCUT2D eigenvalue weighted by Gasteiger charge is 2.21. The number of benzene rings is 1. The van der Waals surface area contributed by atoms with E-state index in [4.69, 9.17) is 5.84 Å². The second kappa shape index (κ2) is 6.13. The zero-order valence-corrected chi connectivity index (χ0v) is 13.4. The van der Waals surface area contributed by atoms with Gasteiger partial charge in [0.05, 0.1) is 26.9 Å². The molecule has 0 spiro atoms. The first-order chi connectivity index (χ1) is 9.08. The largest absolute Gasteiger partial charge is 0.271 e. The number of hydrazine groups is 1. The van der Waals surface area contributed by atoms with Gasteiger partial charge in [-0.05, 0) is 56.5 Å². The number of halogens is 3. The summed E-state index contributed by atoms with van der Waals surface area (Å²) in [6.07, 6.45) is 1.71. The highest BCUT2D eigenvalue weighted by atomic mass is 79.9. The monoisotopic (exact) mass is 390 g/mol. The van der Waals surface area contributed by atoms with Crippen LogP contribution in [0.5, 0.6) is 0 Å². The molecule has 0 saturated heterocycles. The Balaban J connectivity index is 2.49. The smallest absolute Gasteiger partial charge is 0.137 e. The van der Waals surface area contributed by atoms with Gasteiger partial charge in [-0.2, -0.15) is 5.10 Å². The minimum absolute atomic E-state index is 0.323. The van der Waals surface area contributed by atoms with Gasteiger partial charge in [0.15, 0.2) is 0 Å². The average molecular weight is 392 g/mol. The number of rotatable bonds is 4. The third kappa shape index (κ3) is 2.89. The maximum absolute atomic E-state index is 13.7. The fourth-order valence-electron chi connectivity index (χ4n) is 1.94. The molecule has 1 unspecified atom stereocenters. The van der Waals surface area contributed by atoms with Crippen LogP contribution in [0.15, 0.2) is 33.3 Å². The lowest BCUT2D eigenvalue weighted by Gasteiger charge is -2.18. The second-order valence-electron chi connectivity index (χ2n) is 3.97. The van der Waals surface area contributed by atoms with Gasteiger partial charge in [0.1, 0.15) is 5.82 Å². The van der Waals surface area contributed by atoms with Gasteiger partial charge < -0.3 is 0 Å². The van der Waals surface area contributed by atoms with Crippen LogP contribution in [0.2, 0.25) is 0 Å². The molecule has 3 N–H and O–H groups in total. The van der Waals surface area contributed by atoms with Gasteiger partial charge in [0, 0.05) is 6.54 Å². The predicted octanol–water partition coefficient (Wildman–Crippen LogP) is 3.12. The topological polar surface area (TPSA) is 55.9 Å². The fourth-order valence-corrected chi connectivity index (χ4v) is 2.71. The summed E-state index contributed by atoms with van der Waals surface area (Å²) in [6.45, 7) is 2.69. The zero-order chi connectivity index (χ0) is 14.0. The minimum Gasteiger partial charge on any atom is -0.271 e. The molecule has 1 heterocycles. The van der Waals surface area contributed by atoms with E-state index < -0.39 is 0 Å². The van der Waals surface area contributed by atoms with Crippen LogP contribution in [0, 0.1) is 5.82 Å². The SMILES string of the molecule is CCn1ncc(Br)c1C(NN)c1ccc(Br)c(F)c1. The molecule has 0 aliphatic carbocycles. The molecular weight excluding hydrogens is 379 g/mol. The summed E-state index contributed by atoms with van der Waals surface area (Å²) in [5.74, 6) is 5.31. The Labute approximate surface area is 127 Å². The van der Waals surface area contributed by atoms with Gasteiger partial charge in [-0.15, -0.1) is 0 Å². The van der Waals surface area contributed by atoms with Crippen LogP contribution in [0.3, 0.4) is 0 Å². The van der Waals surface area contributed by atoms with E-state index in [1.54, 1.807) is 12.3 Å². The molecule has 102 valence electrons. The summed E-state index contributed by atoms with van der Waals surface area (Å²) < 4.78 is 16.7. The van der Waals surface area contributed by atoms with Crippen molar-refractivity contribution >= 4 is 31.9 Å². The van der Waals surface area contributed by atoms with E-state index in [1.165, 1.54) is 6.07 Å². The van der Waals surface area contributed by atoms with E-state index in [-0.39, 0.29) is 11.9 Å². The standard InChI is InChI=1S/C12H13Br2FN4/c1-2-19-12(9(14)6-17-19)11(18-16)7-3-4-8(13)10(15)5-7/h3-6,11,18H,2,16H2,1H3. The van der Waals surface area contributed by atoms with Gasteiger partial charge in [-0.25, -0.2) is 9.82 Å². The Morgan fingerprint density at radius 2 is 2.16 bits per heavy atom.